The van der Waals surface area contributed by atoms with Gasteiger partial charge in [0.05, 0.1) is 17.5 Å². The molecular formula is C76H104BrNO7S. The van der Waals surface area contributed by atoms with Gasteiger partial charge in [-0.05, 0) is 280 Å². The van der Waals surface area contributed by atoms with Crippen LogP contribution in [0.2, 0.25) is 0 Å². The number of aromatic hydroxyl groups is 3. The lowest BCUT2D eigenvalue weighted by Crippen LogP contribution is -2.44. The Morgan fingerprint density at radius 2 is 1.31 bits per heavy atom. The molecular weight excluding hydrogens is 1150 g/mol. The Morgan fingerprint density at radius 1 is 0.651 bits per heavy atom. The van der Waals surface area contributed by atoms with Gasteiger partial charge in [-0.15, -0.1) is 11.8 Å². The number of hydrogen-bond acceptors (Lipinski definition) is 8. The molecule has 468 valence electrons. The highest BCUT2D eigenvalue weighted by Crippen LogP contribution is 2.66. The molecule has 0 heterocycles. The molecule has 4 aromatic carbocycles. The van der Waals surface area contributed by atoms with E-state index in [4.69, 9.17) is 0 Å². The van der Waals surface area contributed by atoms with Crippen LogP contribution in [0.15, 0.2) is 78.9 Å². The summed E-state index contributed by atoms with van der Waals surface area (Å²) in [6.07, 6.45) is 26.4. The van der Waals surface area contributed by atoms with Crippen molar-refractivity contribution in [1.29, 1.82) is 0 Å². The maximum absolute atomic E-state index is 13.5. The maximum Gasteiger partial charge on any atom is 0.235 e. The Labute approximate surface area is 529 Å². The van der Waals surface area contributed by atoms with Crippen LogP contribution in [0.25, 0.3) is 0 Å². The first-order valence-electron chi connectivity index (χ1n) is 34.3. The fourth-order valence-corrected chi connectivity index (χ4v) is 22.1. The van der Waals surface area contributed by atoms with Gasteiger partial charge in [0.25, 0.3) is 0 Å². The van der Waals surface area contributed by atoms with Crippen LogP contribution in [0, 0.1) is 57.7 Å². The van der Waals surface area contributed by atoms with Gasteiger partial charge in [-0.3, -0.25) is 9.59 Å². The fourth-order valence-electron chi connectivity index (χ4n) is 20.1. The molecule has 0 radical (unpaired) electrons. The number of benzene rings is 4. The van der Waals surface area contributed by atoms with Crippen molar-refractivity contribution in [3.8, 4) is 17.2 Å². The predicted octanol–water partition coefficient (Wildman–Crippen LogP) is 17.3. The van der Waals surface area contributed by atoms with E-state index in [2.05, 4.69) is 93.0 Å². The summed E-state index contributed by atoms with van der Waals surface area (Å²) in [5, 5.41) is 53.9. The van der Waals surface area contributed by atoms with E-state index in [9.17, 15) is 35.1 Å². The van der Waals surface area contributed by atoms with Gasteiger partial charge in [0.1, 0.15) is 23.0 Å². The first-order valence-corrected chi connectivity index (χ1v) is 36.4. The average Bonchev–Trinajstić information content (AvgIpc) is 1.65. The van der Waals surface area contributed by atoms with Gasteiger partial charge in [-0.2, -0.15) is 0 Å². The summed E-state index contributed by atoms with van der Waals surface area (Å²) < 4.78 is 0. The zero-order chi connectivity index (χ0) is 60.7. The standard InChI is InChI=1S/C29H45NO3S.C26H30O2.C21H29BrO2/c1-5-7-9-25(28(33)30(4)16-8-6-2)34-26-18-22-21(20-11-10-19(31)17-23(20)26)14-15-29(3)24(22)12-13-27(29)32;1-26-14-13-20-21(23(26)11-12-25(26)28)10-9-18-16-24(27)19(15-22(18)20)8-7-17-5-3-2-4-6-17;1-21-9-8-17-16-7-5-15(23)11-13(16)4-6-18(17)19(21)12-14(20(21)24)3-2-10-22/h10-11,17,21-22,24-27,31-32H,5-9,12-16,18H2,1-4H3;2-6,15-16,20-21,23,27H,7-14H2,1H3;5,7,11,14,17-20,23-24H,2-4,6,8-10,12H2,1H3/t21?,22?,24?,25?,26-,27+,29+;20?,21?,23?,26-;14-,17?,18?,19?,20+,21+/m101/s1. The van der Waals surface area contributed by atoms with Crippen molar-refractivity contribution >= 4 is 39.4 Å². The summed E-state index contributed by atoms with van der Waals surface area (Å²) in [5.74, 6) is 7.84. The third-order valence-corrected chi connectivity index (χ3v) is 27.1. The molecule has 6 saturated carbocycles. The van der Waals surface area contributed by atoms with Crippen molar-refractivity contribution in [2.75, 3.05) is 18.9 Å². The van der Waals surface area contributed by atoms with E-state index in [0.29, 0.717) is 82.2 Å². The Balaban J connectivity index is 0.000000136. The lowest BCUT2D eigenvalue weighted by molar-refractivity contribution is -0.130. The number of Topliss-reactive ketones (excluding diaryl/α,β-unsaturated/α-hetero) is 1. The minimum atomic E-state index is -0.183. The number of unbranched alkanes of at least 4 members (excludes halogenated alkanes) is 2. The molecule has 9 aliphatic carbocycles. The number of hydrogen-bond donors (Lipinski definition) is 5. The minimum Gasteiger partial charge on any atom is -0.508 e. The van der Waals surface area contributed by atoms with Crippen LogP contribution < -0.4 is 0 Å². The summed E-state index contributed by atoms with van der Waals surface area (Å²) >= 11 is 5.40. The number of thioether (sulfide) groups is 1. The maximum atomic E-state index is 13.5. The molecule has 0 saturated heterocycles. The number of aliphatic hydroxyl groups is 2. The van der Waals surface area contributed by atoms with E-state index >= 15 is 0 Å². The summed E-state index contributed by atoms with van der Waals surface area (Å²) in [6.45, 7) is 12.1. The Bertz CT molecular complexity index is 3010. The predicted molar refractivity (Wildman–Crippen MR) is 353 cm³/mol. The van der Waals surface area contributed by atoms with E-state index in [-0.39, 0.29) is 44.9 Å². The van der Waals surface area contributed by atoms with Crippen LogP contribution in [0.4, 0.5) is 0 Å². The number of carbonyl (C=O) groups is 2. The first-order chi connectivity index (χ1) is 41.4. The molecule has 1 amide bonds. The molecule has 9 aliphatic rings. The Morgan fingerprint density at radius 3 is 2.05 bits per heavy atom. The lowest BCUT2D eigenvalue weighted by Gasteiger charge is -2.51. The molecule has 0 aromatic heterocycles. The average molecular weight is 1260 g/mol. The second kappa shape index (κ2) is 26.9. The van der Waals surface area contributed by atoms with Crippen LogP contribution in [0.5, 0.6) is 17.2 Å². The molecule has 6 fully saturated rings. The molecule has 0 aliphatic heterocycles. The van der Waals surface area contributed by atoms with Gasteiger partial charge in [0.15, 0.2) is 0 Å². The molecule has 86 heavy (non-hydrogen) atoms. The molecule has 0 spiro atoms. The number of aliphatic hydroxyl groups excluding tert-OH is 2. The van der Waals surface area contributed by atoms with Gasteiger partial charge in [0.2, 0.25) is 5.91 Å². The highest BCUT2D eigenvalue weighted by Gasteiger charge is 2.59. The van der Waals surface area contributed by atoms with Crippen molar-refractivity contribution in [1.82, 2.24) is 4.90 Å². The summed E-state index contributed by atoms with van der Waals surface area (Å²) in [5.41, 5.74) is 10.8. The van der Waals surface area contributed by atoms with Gasteiger partial charge < -0.3 is 30.4 Å². The third kappa shape index (κ3) is 12.4. The van der Waals surface area contributed by atoms with Crippen LogP contribution >= 0.6 is 27.7 Å². The molecule has 10 unspecified atom stereocenters. The molecule has 5 N–H and O–H groups in total. The van der Waals surface area contributed by atoms with E-state index in [1.165, 1.54) is 71.0 Å². The number of aryl methyl sites for hydroxylation is 4. The van der Waals surface area contributed by atoms with E-state index in [1.807, 2.05) is 60.1 Å². The summed E-state index contributed by atoms with van der Waals surface area (Å²) in [6, 6.07) is 26.8. The van der Waals surface area contributed by atoms with E-state index in [0.717, 1.165) is 146 Å². The second-order valence-corrected chi connectivity index (χ2v) is 31.7. The highest BCUT2D eigenvalue weighted by atomic mass is 79.9. The topological polar surface area (TPSA) is 139 Å². The number of ketones is 1. The van der Waals surface area contributed by atoms with Crippen LogP contribution in [-0.4, -0.2) is 78.5 Å². The number of phenols is 3. The Kier molecular flexibility index (Phi) is 20.0. The zero-order valence-electron chi connectivity index (χ0n) is 53.0. The first kappa shape index (κ1) is 63.7. The van der Waals surface area contributed by atoms with Crippen LogP contribution in [0.1, 0.15) is 237 Å². The number of fused-ring (bicyclic) bond motifs is 15. The Hall–Kier alpha value is -3.83. The smallest absolute Gasteiger partial charge is 0.235 e. The molecule has 0 bridgehead atoms. The number of amides is 1. The number of rotatable bonds is 15. The van der Waals surface area contributed by atoms with Crippen LogP contribution in [-0.2, 0) is 35.3 Å². The van der Waals surface area contributed by atoms with Crippen molar-refractivity contribution in [2.24, 2.45) is 57.7 Å². The summed E-state index contributed by atoms with van der Waals surface area (Å²) in [4.78, 5) is 28.0. The van der Waals surface area contributed by atoms with Crippen molar-refractivity contribution < 1.29 is 35.1 Å². The largest absolute Gasteiger partial charge is 0.508 e. The van der Waals surface area contributed by atoms with Gasteiger partial charge in [0, 0.05) is 36.0 Å². The molecule has 10 heteroatoms. The van der Waals surface area contributed by atoms with Gasteiger partial charge in [-0.1, -0.05) is 118 Å². The van der Waals surface area contributed by atoms with E-state index in [1.54, 1.807) is 0 Å². The van der Waals surface area contributed by atoms with E-state index < -0.39 is 0 Å². The monoisotopic (exact) mass is 1250 g/mol. The third-order valence-electron chi connectivity index (χ3n) is 25.0. The minimum absolute atomic E-state index is 0.0304. The van der Waals surface area contributed by atoms with Gasteiger partial charge >= 0.3 is 0 Å². The molecule has 13 rings (SSSR count). The van der Waals surface area contributed by atoms with Crippen molar-refractivity contribution in [3.05, 3.63) is 123 Å². The number of nitrogens with zero attached hydrogens (tertiary/aromatic N) is 1. The van der Waals surface area contributed by atoms with Crippen LogP contribution in [0.3, 0.4) is 0 Å². The number of alkyl halides is 1. The second-order valence-electron chi connectivity index (χ2n) is 29.5. The highest BCUT2D eigenvalue weighted by molar-refractivity contribution is 9.09. The molecule has 8 nitrogen and oxygen atoms in total. The molecule has 17 atom stereocenters. The van der Waals surface area contributed by atoms with Gasteiger partial charge in [-0.25, -0.2) is 0 Å². The SMILES string of the molecule is CCCCC(S[C@@H]1CC2C(CC[C@@]3(C)C2CC[C@@H]3O)c2ccc(O)cc21)C(=O)N(C)CCCC.C[C@]12CCC3c4cc(CCc5ccccc5)c(O)cc4CCC3C1CCC2=O.C[C@]12CCC3c4ccc(O)cc4CCC3C1C[C@@H](CCCBr)[C@@H]2O. The molecule has 4 aromatic rings. The number of phenolic OH excluding ortho intramolecular Hbond substituents is 3. The fraction of sp³-hybridized carbons (Fsp3) is 0.658. The normalized spacial score (nSPS) is 34.6. The van der Waals surface area contributed by atoms with Crippen molar-refractivity contribution in [2.45, 2.75) is 236 Å². The quantitative estimate of drug-likeness (QED) is 0.0742. The number of halogens is 1. The summed E-state index contributed by atoms with van der Waals surface area (Å²) in [7, 11) is 1.96. The lowest BCUT2D eigenvalue weighted by atomic mass is 9.55. The number of carbonyl (C=O) groups excluding carboxylic acids is 2. The van der Waals surface area contributed by atoms with Crippen molar-refractivity contribution in [3.63, 3.8) is 0 Å². The zero-order valence-corrected chi connectivity index (χ0v) is 55.4.